The van der Waals surface area contributed by atoms with E-state index in [9.17, 15) is 0 Å². The van der Waals surface area contributed by atoms with E-state index < -0.39 is 0 Å². The highest BCUT2D eigenvalue weighted by atomic mass is 35.5. The summed E-state index contributed by atoms with van der Waals surface area (Å²) in [6, 6.07) is 13.1. The second-order valence-corrected chi connectivity index (χ2v) is 7.92. The van der Waals surface area contributed by atoms with E-state index in [2.05, 4.69) is 40.2 Å². The Morgan fingerprint density at radius 1 is 1.28 bits per heavy atom. The van der Waals surface area contributed by atoms with Gasteiger partial charge in [0.05, 0.1) is 30.6 Å². The Balaban J connectivity index is 1.48. The number of halogens is 1. The number of hydrogen-bond donors (Lipinski definition) is 1. The highest BCUT2D eigenvalue weighted by molar-refractivity contribution is 6.31. The summed E-state index contributed by atoms with van der Waals surface area (Å²) in [7, 11) is 1.70. The second kappa shape index (κ2) is 8.95. The Morgan fingerprint density at radius 3 is 2.86 bits per heavy atom. The Labute approximate surface area is 177 Å². The molecule has 1 aliphatic rings. The van der Waals surface area contributed by atoms with Crippen LogP contribution < -0.4 is 14.4 Å². The van der Waals surface area contributed by atoms with Gasteiger partial charge in [0, 0.05) is 35.5 Å². The summed E-state index contributed by atoms with van der Waals surface area (Å²) >= 11 is 6.10. The van der Waals surface area contributed by atoms with Crippen molar-refractivity contribution in [3.8, 4) is 11.5 Å². The average Bonchev–Trinajstić information content (AvgIpc) is 3.17. The number of unbranched alkanes of at least 4 members (excludes halogenated alkanes) is 1. The van der Waals surface area contributed by atoms with Gasteiger partial charge in [-0.25, -0.2) is 0 Å². The van der Waals surface area contributed by atoms with Crippen molar-refractivity contribution in [1.29, 1.82) is 0 Å². The molecule has 1 saturated heterocycles. The van der Waals surface area contributed by atoms with E-state index in [0.717, 1.165) is 66.4 Å². The molecule has 5 nitrogen and oxygen atoms in total. The molecule has 6 heteroatoms. The second-order valence-electron chi connectivity index (χ2n) is 7.49. The first-order valence-electron chi connectivity index (χ1n) is 10.3. The molecule has 2 aromatic carbocycles. The van der Waals surface area contributed by atoms with E-state index in [0.29, 0.717) is 18.3 Å². The first-order chi connectivity index (χ1) is 14.2. The average molecular weight is 413 g/mol. The van der Waals surface area contributed by atoms with E-state index >= 15 is 0 Å². The summed E-state index contributed by atoms with van der Waals surface area (Å²) < 4.78 is 11.6. The van der Waals surface area contributed by atoms with Gasteiger partial charge in [-0.3, -0.25) is 5.10 Å². The van der Waals surface area contributed by atoms with Crippen LogP contribution in [-0.2, 0) is 0 Å². The van der Waals surface area contributed by atoms with Crippen molar-refractivity contribution < 1.29 is 9.47 Å². The molecule has 29 heavy (non-hydrogen) atoms. The number of benzene rings is 2. The highest BCUT2D eigenvalue weighted by Crippen LogP contribution is 2.40. The fourth-order valence-corrected chi connectivity index (χ4v) is 4.22. The van der Waals surface area contributed by atoms with Crippen molar-refractivity contribution in [2.75, 3.05) is 31.7 Å². The molecule has 0 unspecified atom stereocenters. The molecule has 1 N–H and O–H groups in total. The smallest absolute Gasteiger partial charge is 0.184 e. The number of aromatic amines is 1. The van der Waals surface area contributed by atoms with Crippen LogP contribution in [0.5, 0.6) is 11.5 Å². The first-order valence-corrected chi connectivity index (χ1v) is 10.7. The van der Waals surface area contributed by atoms with Crippen LogP contribution in [0.25, 0.3) is 10.9 Å². The van der Waals surface area contributed by atoms with Crippen molar-refractivity contribution in [2.45, 2.75) is 38.5 Å². The number of nitrogens with one attached hydrogen (secondary N) is 1. The molecule has 1 aliphatic heterocycles. The van der Waals surface area contributed by atoms with Gasteiger partial charge in [-0.2, -0.15) is 5.10 Å². The summed E-state index contributed by atoms with van der Waals surface area (Å²) in [5.41, 5.74) is 3.23. The number of aromatic nitrogens is 2. The molecular weight excluding hydrogens is 386 g/mol. The van der Waals surface area contributed by atoms with Gasteiger partial charge in [-0.15, -0.1) is 0 Å². The molecule has 2 heterocycles. The van der Waals surface area contributed by atoms with Gasteiger partial charge >= 0.3 is 0 Å². The van der Waals surface area contributed by atoms with Crippen molar-refractivity contribution in [2.24, 2.45) is 0 Å². The molecule has 0 spiro atoms. The minimum atomic E-state index is 0.433. The number of piperidine rings is 1. The summed E-state index contributed by atoms with van der Waals surface area (Å²) in [6.45, 7) is 4.73. The number of methoxy groups -OCH3 is 1. The zero-order valence-corrected chi connectivity index (χ0v) is 17.8. The number of ether oxygens (including phenoxy) is 2. The fraction of sp³-hybridized carbons (Fsp3) is 0.435. The zero-order valence-electron chi connectivity index (χ0n) is 17.0. The van der Waals surface area contributed by atoms with Crippen LogP contribution in [0.2, 0.25) is 5.02 Å². The fourth-order valence-electron chi connectivity index (χ4n) is 4.04. The predicted octanol–water partition coefficient (Wildman–Crippen LogP) is 5.59. The Morgan fingerprint density at radius 2 is 2.10 bits per heavy atom. The van der Waals surface area contributed by atoms with Crippen LogP contribution in [-0.4, -0.2) is 37.0 Å². The third-order valence-electron chi connectivity index (χ3n) is 5.62. The van der Waals surface area contributed by atoms with Crippen LogP contribution in [0.3, 0.4) is 0 Å². The van der Waals surface area contributed by atoms with Gasteiger partial charge in [0.15, 0.2) is 11.5 Å². The maximum Gasteiger partial charge on any atom is 0.184 e. The van der Waals surface area contributed by atoms with E-state index in [1.165, 1.54) is 5.39 Å². The molecule has 153 valence electrons. The maximum atomic E-state index is 6.10. The minimum absolute atomic E-state index is 0.433. The Bertz CT molecular complexity index is 964. The van der Waals surface area contributed by atoms with Crippen molar-refractivity contribution in [1.82, 2.24) is 10.2 Å². The lowest BCUT2D eigenvalue weighted by molar-refractivity contribution is 0.287. The highest BCUT2D eigenvalue weighted by Gasteiger charge is 2.26. The quantitative estimate of drug-likeness (QED) is 0.514. The van der Waals surface area contributed by atoms with Crippen LogP contribution in [0.15, 0.2) is 30.3 Å². The Kier molecular flexibility index (Phi) is 6.14. The lowest BCUT2D eigenvalue weighted by Gasteiger charge is -2.34. The molecule has 4 rings (SSSR count). The van der Waals surface area contributed by atoms with Crippen LogP contribution in [0, 0.1) is 6.07 Å². The molecular formula is C23H27ClN3O2. The number of rotatable bonds is 7. The molecule has 0 saturated carbocycles. The van der Waals surface area contributed by atoms with E-state index in [-0.39, 0.29) is 0 Å². The number of H-pyrrole nitrogens is 1. The lowest BCUT2D eigenvalue weighted by atomic mass is 9.91. The predicted molar refractivity (Wildman–Crippen MR) is 118 cm³/mol. The third-order valence-corrected chi connectivity index (χ3v) is 5.85. The van der Waals surface area contributed by atoms with E-state index in [1.54, 1.807) is 7.11 Å². The van der Waals surface area contributed by atoms with Crippen molar-refractivity contribution in [3.05, 3.63) is 47.1 Å². The molecule has 1 fully saturated rings. The molecule has 1 aromatic heterocycles. The van der Waals surface area contributed by atoms with E-state index in [4.69, 9.17) is 21.1 Å². The van der Waals surface area contributed by atoms with E-state index in [1.807, 2.05) is 18.2 Å². The number of hydrogen-bond acceptors (Lipinski definition) is 4. The van der Waals surface area contributed by atoms with Gasteiger partial charge in [-0.05, 0) is 49.6 Å². The number of nitrogens with zero attached hydrogens (tertiary/aromatic N) is 2. The van der Waals surface area contributed by atoms with Gasteiger partial charge in [0.25, 0.3) is 0 Å². The standard InChI is InChI=1S/C23H27ClN3O2/c1-3-4-14-29-21-7-5-6-20(23(21)28-2)27-12-10-16(11-13-27)22-18-9-8-17(24)15-19(18)25-26-22/h5-6,8-9,15-16H,3-4,10-14H2,1-2H3,(H,25,26). The summed E-state index contributed by atoms with van der Waals surface area (Å²) in [4.78, 5) is 2.38. The van der Waals surface area contributed by atoms with Crippen LogP contribution in [0.4, 0.5) is 5.69 Å². The minimum Gasteiger partial charge on any atom is -0.491 e. The zero-order chi connectivity index (χ0) is 20.2. The largest absolute Gasteiger partial charge is 0.491 e. The molecule has 1 radical (unpaired) electrons. The van der Waals surface area contributed by atoms with Gasteiger partial charge in [0.2, 0.25) is 0 Å². The summed E-state index contributed by atoms with van der Waals surface area (Å²) in [6.07, 6.45) is 4.20. The monoisotopic (exact) mass is 412 g/mol. The summed E-state index contributed by atoms with van der Waals surface area (Å²) in [5, 5.41) is 9.63. The summed E-state index contributed by atoms with van der Waals surface area (Å²) in [5.74, 6) is 1.92. The topological polar surface area (TPSA) is 50.4 Å². The van der Waals surface area contributed by atoms with Crippen molar-refractivity contribution in [3.63, 3.8) is 0 Å². The molecule has 0 amide bonds. The number of fused-ring (bicyclic) bond motifs is 1. The molecule has 0 bridgehead atoms. The normalized spacial score (nSPS) is 15.1. The molecule has 3 aromatic rings. The van der Waals surface area contributed by atoms with Gasteiger partial charge in [-0.1, -0.05) is 24.9 Å². The third kappa shape index (κ3) is 4.15. The molecule has 0 atom stereocenters. The lowest BCUT2D eigenvalue weighted by Crippen LogP contribution is -2.33. The van der Waals surface area contributed by atoms with Crippen molar-refractivity contribution >= 4 is 28.2 Å². The maximum absolute atomic E-state index is 6.10. The Hall–Kier alpha value is -2.40. The van der Waals surface area contributed by atoms with Gasteiger partial charge in [0.1, 0.15) is 0 Å². The van der Waals surface area contributed by atoms with Crippen LogP contribution >= 0.6 is 11.6 Å². The SMILES string of the molecule is CCCCOc1[c]ccc(N2CCC(c3n[nH]c4cc(Cl)ccc34)CC2)c1OC. The van der Waals surface area contributed by atoms with Crippen LogP contribution in [0.1, 0.15) is 44.2 Å². The number of anilines is 1. The molecule has 0 aliphatic carbocycles. The van der Waals surface area contributed by atoms with Gasteiger partial charge < -0.3 is 14.4 Å². The first kappa shape index (κ1) is 19.9.